The average molecular weight is 218 g/mol. The summed E-state index contributed by atoms with van der Waals surface area (Å²) in [6, 6.07) is 5.95. The molecular weight excluding hydrogens is 209 g/mol. The molecule has 1 radical (unpaired) electrons. The molecule has 0 spiro atoms. The molecule has 0 saturated heterocycles. The number of anilines is 1. The zero-order valence-electron chi connectivity index (χ0n) is 5.68. The van der Waals surface area contributed by atoms with Gasteiger partial charge in [0.15, 0.2) is 0 Å². The van der Waals surface area contributed by atoms with Crippen LogP contribution in [-0.2, 0) is 0 Å². The fraction of sp³-hybridized carbons (Fsp3) is 0. The Kier molecular flexibility index (Phi) is 2.20. The molecule has 1 aromatic rings. The van der Waals surface area contributed by atoms with Gasteiger partial charge in [0.25, 0.3) is 0 Å². The van der Waals surface area contributed by atoms with Gasteiger partial charge in [0.2, 0.25) is 0 Å². The van der Waals surface area contributed by atoms with Gasteiger partial charge in [-0.05, 0) is 0 Å². The van der Waals surface area contributed by atoms with E-state index in [-0.39, 0.29) is 4.35 Å². The monoisotopic (exact) mass is 218 g/mol. The van der Waals surface area contributed by atoms with Crippen molar-refractivity contribution in [2.24, 2.45) is 0 Å². The predicted molar refractivity (Wildman–Crippen MR) is 42.9 cm³/mol. The molecule has 0 amide bonds. The molecule has 0 heterocycles. The third-order valence-corrected chi connectivity index (χ3v) is 3.25. The first-order valence-corrected chi connectivity index (χ1v) is 6.39. The second-order valence-electron chi connectivity index (χ2n) is 2.16. The molecule has 5 heteroatoms. The van der Waals surface area contributed by atoms with Crippen molar-refractivity contribution < 1.29 is 12.3 Å². The van der Waals surface area contributed by atoms with Gasteiger partial charge in [0.05, 0.1) is 0 Å². The van der Waals surface area contributed by atoms with Crippen LogP contribution in [0.1, 0.15) is 0 Å². The number of hydrogen-bond acceptors (Lipinski definition) is 4. The summed E-state index contributed by atoms with van der Waals surface area (Å²) in [5, 5.41) is 0. The molecule has 0 saturated carbocycles. The molecule has 4 nitrogen and oxygen atoms in total. The standard InChI is InChI=1S/C6H9AsNO3/c8-6-3-1-2-5(4-6)7(9,10)11/h1-4,9-11H,8H2. The summed E-state index contributed by atoms with van der Waals surface area (Å²) in [6.45, 7) is 0. The molecule has 61 valence electrons. The third kappa shape index (κ3) is 2.20. The molecule has 5 N–H and O–H groups in total. The van der Waals surface area contributed by atoms with Crippen LogP contribution in [0.15, 0.2) is 24.3 Å². The number of hydrogen-bond donors (Lipinski definition) is 4. The van der Waals surface area contributed by atoms with Gasteiger partial charge in [-0.1, -0.05) is 0 Å². The van der Waals surface area contributed by atoms with Crippen molar-refractivity contribution in [1.82, 2.24) is 0 Å². The molecule has 0 aliphatic rings. The second kappa shape index (κ2) is 2.83. The summed E-state index contributed by atoms with van der Waals surface area (Å²) < 4.78 is 26.7. The van der Waals surface area contributed by atoms with Crippen LogP contribution in [0.2, 0.25) is 0 Å². The van der Waals surface area contributed by atoms with Gasteiger partial charge >= 0.3 is 66.9 Å². The summed E-state index contributed by atoms with van der Waals surface area (Å²) in [5.74, 6) is 0. The fourth-order valence-corrected chi connectivity index (χ4v) is 1.99. The SMILES string of the molecule is Nc1cccc([As](O)(O)O)c1. The minimum absolute atomic E-state index is 0.128. The Labute approximate surface area is 67.4 Å². The van der Waals surface area contributed by atoms with Crippen LogP contribution in [0.3, 0.4) is 0 Å². The van der Waals surface area contributed by atoms with Crippen molar-refractivity contribution in [3.05, 3.63) is 24.3 Å². The van der Waals surface area contributed by atoms with Crippen LogP contribution in [0, 0.1) is 0 Å². The first-order valence-electron chi connectivity index (χ1n) is 2.93. The van der Waals surface area contributed by atoms with E-state index in [1.807, 2.05) is 0 Å². The molecule has 0 unspecified atom stereocenters. The number of nitrogens with two attached hydrogens (primary N) is 1. The maximum absolute atomic E-state index is 8.84. The number of benzene rings is 1. The Morgan fingerprint density at radius 2 is 1.82 bits per heavy atom. The van der Waals surface area contributed by atoms with E-state index in [0.717, 1.165) is 0 Å². The summed E-state index contributed by atoms with van der Waals surface area (Å²) >= 11 is -4.46. The van der Waals surface area contributed by atoms with Gasteiger partial charge in [0, 0.05) is 0 Å². The molecule has 11 heavy (non-hydrogen) atoms. The van der Waals surface area contributed by atoms with Gasteiger partial charge in [-0.25, -0.2) is 0 Å². The molecule has 0 bridgehead atoms. The van der Waals surface area contributed by atoms with E-state index in [1.54, 1.807) is 12.1 Å². The van der Waals surface area contributed by atoms with E-state index in [2.05, 4.69) is 0 Å². The average Bonchev–Trinajstić information content (AvgIpc) is 1.86. The molecule has 1 aromatic carbocycles. The molecule has 0 fully saturated rings. The Balaban J connectivity index is 3.06. The predicted octanol–water partition coefficient (Wildman–Crippen LogP) is -1.61. The number of rotatable bonds is 1. The molecule has 0 aliphatic carbocycles. The van der Waals surface area contributed by atoms with Crippen molar-refractivity contribution in [3.63, 3.8) is 0 Å². The van der Waals surface area contributed by atoms with E-state index in [9.17, 15) is 0 Å². The summed E-state index contributed by atoms with van der Waals surface area (Å²) in [6.07, 6.45) is 0. The molecule has 0 atom stereocenters. The van der Waals surface area contributed by atoms with Gasteiger partial charge in [-0.15, -0.1) is 0 Å². The summed E-state index contributed by atoms with van der Waals surface area (Å²) in [7, 11) is 0. The van der Waals surface area contributed by atoms with Crippen molar-refractivity contribution in [2.45, 2.75) is 0 Å². The quantitative estimate of drug-likeness (QED) is 0.337. The first-order chi connectivity index (χ1) is 5.00. The Morgan fingerprint density at radius 1 is 1.18 bits per heavy atom. The van der Waals surface area contributed by atoms with Gasteiger partial charge in [-0.2, -0.15) is 0 Å². The normalized spacial score (nSPS) is 11.5. The zero-order chi connectivity index (χ0) is 8.48. The van der Waals surface area contributed by atoms with Gasteiger partial charge in [-0.3, -0.25) is 0 Å². The molecular formula is C6H9AsNO3. The molecule has 0 aliphatic heterocycles. The minimum atomic E-state index is -4.46. The second-order valence-corrected chi connectivity index (χ2v) is 5.63. The van der Waals surface area contributed by atoms with E-state index < -0.39 is 14.6 Å². The van der Waals surface area contributed by atoms with Crippen LogP contribution >= 0.6 is 0 Å². The third-order valence-electron chi connectivity index (χ3n) is 1.22. The van der Waals surface area contributed by atoms with Crippen LogP contribution in [-0.4, -0.2) is 26.9 Å². The van der Waals surface area contributed by atoms with Crippen molar-refractivity contribution >= 4 is 24.6 Å². The summed E-state index contributed by atoms with van der Waals surface area (Å²) in [5.41, 5.74) is 5.76. The van der Waals surface area contributed by atoms with E-state index in [0.29, 0.717) is 5.69 Å². The summed E-state index contributed by atoms with van der Waals surface area (Å²) in [4.78, 5) is 0. The first kappa shape index (κ1) is 8.55. The Hall–Kier alpha value is -0.542. The van der Waals surface area contributed by atoms with E-state index in [4.69, 9.17) is 18.0 Å². The van der Waals surface area contributed by atoms with Crippen LogP contribution in [0.4, 0.5) is 5.69 Å². The van der Waals surface area contributed by atoms with Crippen LogP contribution < -0.4 is 10.1 Å². The zero-order valence-corrected chi connectivity index (χ0v) is 7.55. The number of nitrogen functional groups attached to an aromatic ring is 1. The molecule has 1 rings (SSSR count). The van der Waals surface area contributed by atoms with Crippen LogP contribution in [0.5, 0.6) is 0 Å². The van der Waals surface area contributed by atoms with Crippen molar-refractivity contribution in [3.8, 4) is 0 Å². The van der Waals surface area contributed by atoms with Crippen molar-refractivity contribution in [1.29, 1.82) is 0 Å². The van der Waals surface area contributed by atoms with Gasteiger partial charge < -0.3 is 0 Å². The Morgan fingerprint density at radius 3 is 2.18 bits per heavy atom. The fourth-order valence-electron chi connectivity index (χ4n) is 0.711. The molecule has 0 aromatic heterocycles. The van der Waals surface area contributed by atoms with Crippen molar-refractivity contribution in [2.75, 3.05) is 5.73 Å². The topological polar surface area (TPSA) is 86.7 Å². The van der Waals surface area contributed by atoms with Gasteiger partial charge in [0.1, 0.15) is 0 Å². The van der Waals surface area contributed by atoms with Crippen LogP contribution in [0.25, 0.3) is 0 Å². The van der Waals surface area contributed by atoms with E-state index >= 15 is 0 Å². The van der Waals surface area contributed by atoms with E-state index in [1.165, 1.54) is 12.1 Å². The Bertz CT molecular complexity index is 258. The maximum atomic E-state index is 8.84.